The minimum Gasteiger partial charge on any atom is -0.372 e. The second kappa shape index (κ2) is 7.05. The van der Waals surface area contributed by atoms with E-state index in [0.29, 0.717) is 0 Å². The number of fused-ring (bicyclic) bond motifs is 3. The Labute approximate surface area is 160 Å². The first kappa shape index (κ1) is 17.0. The molecule has 4 rings (SSSR count). The van der Waals surface area contributed by atoms with Gasteiger partial charge in [0.05, 0.1) is 0 Å². The van der Waals surface area contributed by atoms with Crippen LogP contribution in [-0.2, 0) is 6.42 Å². The van der Waals surface area contributed by atoms with Crippen molar-refractivity contribution in [1.29, 1.82) is 0 Å². The van der Waals surface area contributed by atoms with Gasteiger partial charge in [0.15, 0.2) is 0 Å². The van der Waals surface area contributed by atoms with Crippen LogP contribution in [0.15, 0.2) is 60.7 Å². The van der Waals surface area contributed by atoms with Gasteiger partial charge in [-0.3, -0.25) is 0 Å². The molecule has 0 saturated heterocycles. The number of rotatable bonds is 5. The van der Waals surface area contributed by atoms with Gasteiger partial charge in [-0.15, -0.1) is 0 Å². The van der Waals surface area contributed by atoms with E-state index in [1.807, 2.05) is 6.07 Å². The van der Waals surface area contributed by atoms with E-state index in [9.17, 15) is 0 Å². The van der Waals surface area contributed by atoms with E-state index in [1.54, 1.807) is 0 Å². The van der Waals surface area contributed by atoms with E-state index in [2.05, 4.69) is 78.7 Å². The van der Waals surface area contributed by atoms with Gasteiger partial charge in [-0.2, -0.15) is 0 Å². The summed E-state index contributed by atoms with van der Waals surface area (Å²) in [4.78, 5) is 2.35. The number of halogens is 1. The van der Waals surface area contributed by atoms with Crippen LogP contribution in [0.1, 0.15) is 25.0 Å². The highest BCUT2D eigenvalue weighted by Gasteiger charge is 2.18. The first-order chi connectivity index (χ1) is 12.7. The summed E-state index contributed by atoms with van der Waals surface area (Å²) in [5, 5.41) is 4.32. The van der Waals surface area contributed by atoms with Crippen molar-refractivity contribution in [2.75, 3.05) is 23.3 Å². The smallest absolute Gasteiger partial charge is 0.0412 e. The normalized spacial score (nSPS) is 11.8. The monoisotopic (exact) mass is 362 g/mol. The van der Waals surface area contributed by atoms with Crippen LogP contribution >= 0.6 is 11.6 Å². The molecule has 0 aromatic heterocycles. The zero-order chi connectivity index (χ0) is 18.1. The summed E-state index contributed by atoms with van der Waals surface area (Å²) in [6.45, 7) is 6.42. The SMILES string of the molecule is CCN(CC)c1ccc(Nc2ccc3c(c2)-c2cc(Cl)ccc2C3)cc1. The van der Waals surface area contributed by atoms with Crippen LogP contribution < -0.4 is 10.2 Å². The van der Waals surface area contributed by atoms with Gasteiger partial charge in [0, 0.05) is 35.2 Å². The number of hydrogen-bond donors (Lipinski definition) is 1. The van der Waals surface area contributed by atoms with Crippen molar-refractivity contribution in [2.45, 2.75) is 20.3 Å². The number of nitrogens with one attached hydrogen (secondary N) is 1. The fourth-order valence-corrected chi connectivity index (χ4v) is 3.90. The molecule has 26 heavy (non-hydrogen) atoms. The molecule has 3 heteroatoms. The number of benzene rings is 3. The van der Waals surface area contributed by atoms with E-state index in [0.717, 1.165) is 35.9 Å². The molecule has 0 unspecified atom stereocenters. The lowest BCUT2D eigenvalue weighted by molar-refractivity contribution is 0.866. The minimum absolute atomic E-state index is 0.793. The summed E-state index contributed by atoms with van der Waals surface area (Å²) in [5.41, 5.74) is 8.73. The van der Waals surface area contributed by atoms with Gasteiger partial charge in [-0.25, -0.2) is 0 Å². The number of anilines is 3. The fraction of sp³-hybridized carbons (Fsp3) is 0.217. The van der Waals surface area contributed by atoms with Crippen molar-refractivity contribution < 1.29 is 0 Å². The zero-order valence-corrected chi connectivity index (χ0v) is 16.0. The van der Waals surface area contributed by atoms with E-state index in [1.165, 1.54) is 27.9 Å². The molecule has 1 aliphatic carbocycles. The van der Waals surface area contributed by atoms with Gasteiger partial charge in [-0.05, 0) is 91.1 Å². The van der Waals surface area contributed by atoms with Crippen molar-refractivity contribution >= 4 is 28.7 Å². The zero-order valence-electron chi connectivity index (χ0n) is 15.2. The molecule has 3 aromatic carbocycles. The topological polar surface area (TPSA) is 15.3 Å². The molecule has 0 fully saturated rings. The third-order valence-corrected chi connectivity index (χ3v) is 5.37. The minimum atomic E-state index is 0.793. The second-order valence-corrected chi connectivity index (χ2v) is 7.13. The molecular weight excluding hydrogens is 340 g/mol. The van der Waals surface area contributed by atoms with E-state index in [4.69, 9.17) is 11.6 Å². The van der Waals surface area contributed by atoms with Crippen LogP contribution in [0, 0.1) is 0 Å². The summed E-state index contributed by atoms with van der Waals surface area (Å²) in [6, 6.07) is 21.4. The summed E-state index contributed by atoms with van der Waals surface area (Å²) < 4.78 is 0. The first-order valence-electron chi connectivity index (χ1n) is 9.21. The Balaban J connectivity index is 1.58. The highest BCUT2D eigenvalue weighted by Crippen LogP contribution is 2.39. The molecule has 0 saturated carbocycles. The Morgan fingerprint density at radius 1 is 0.808 bits per heavy atom. The van der Waals surface area contributed by atoms with Crippen molar-refractivity contribution in [2.24, 2.45) is 0 Å². The van der Waals surface area contributed by atoms with Gasteiger partial charge < -0.3 is 10.2 Å². The Hall–Kier alpha value is -2.45. The Morgan fingerprint density at radius 2 is 1.42 bits per heavy atom. The van der Waals surface area contributed by atoms with Gasteiger partial charge in [0.25, 0.3) is 0 Å². The quantitative estimate of drug-likeness (QED) is 0.435. The summed E-state index contributed by atoms with van der Waals surface area (Å²) >= 11 is 6.20. The maximum atomic E-state index is 6.20. The maximum Gasteiger partial charge on any atom is 0.0412 e. The number of hydrogen-bond acceptors (Lipinski definition) is 2. The lowest BCUT2D eigenvalue weighted by Crippen LogP contribution is -2.21. The molecule has 1 N–H and O–H groups in total. The highest BCUT2D eigenvalue weighted by molar-refractivity contribution is 6.31. The third kappa shape index (κ3) is 3.17. The Bertz CT molecular complexity index is 927. The molecule has 1 aliphatic rings. The van der Waals surface area contributed by atoms with Crippen molar-refractivity contribution in [3.05, 3.63) is 76.8 Å². The molecular formula is C23H23ClN2. The molecule has 0 spiro atoms. The maximum absolute atomic E-state index is 6.20. The third-order valence-electron chi connectivity index (χ3n) is 5.14. The van der Waals surface area contributed by atoms with E-state index >= 15 is 0 Å². The summed E-state index contributed by atoms with van der Waals surface area (Å²) in [5.74, 6) is 0. The molecule has 0 amide bonds. The standard InChI is InChI=1S/C23H23ClN2/c1-3-26(4-2)21-11-9-19(10-12-21)25-20-8-6-17-13-16-5-7-18(24)14-22(16)23(17)15-20/h5-12,14-15,25H,3-4,13H2,1-2H3. The van der Waals surface area contributed by atoms with Crippen LogP contribution in [-0.4, -0.2) is 13.1 Å². The molecule has 0 aliphatic heterocycles. The largest absolute Gasteiger partial charge is 0.372 e. The molecule has 0 atom stereocenters. The van der Waals surface area contributed by atoms with Crippen LogP contribution in [0.25, 0.3) is 11.1 Å². The summed E-state index contributed by atoms with van der Waals surface area (Å²) in [6.07, 6.45) is 0.987. The van der Waals surface area contributed by atoms with Crippen molar-refractivity contribution in [3.63, 3.8) is 0 Å². The van der Waals surface area contributed by atoms with E-state index < -0.39 is 0 Å². The summed E-state index contributed by atoms with van der Waals surface area (Å²) in [7, 11) is 0. The lowest BCUT2D eigenvalue weighted by Gasteiger charge is -2.21. The number of nitrogens with zero attached hydrogens (tertiary/aromatic N) is 1. The molecule has 2 nitrogen and oxygen atoms in total. The Morgan fingerprint density at radius 3 is 2.12 bits per heavy atom. The van der Waals surface area contributed by atoms with Crippen LogP contribution in [0.2, 0.25) is 5.02 Å². The van der Waals surface area contributed by atoms with Gasteiger partial charge >= 0.3 is 0 Å². The predicted octanol–water partition coefficient (Wildman–Crippen LogP) is 6.50. The average Bonchev–Trinajstić information content (AvgIpc) is 3.01. The first-order valence-corrected chi connectivity index (χ1v) is 9.59. The van der Waals surface area contributed by atoms with Crippen molar-refractivity contribution in [3.8, 4) is 11.1 Å². The van der Waals surface area contributed by atoms with Gasteiger partial charge in [-0.1, -0.05) is 23.7 Å². The van der Waals surface area contributed by atoms with Crippen LogP contribution in [0.3, 0.4) is 0 Å². The molecule has 0 heterocycles. The molecule has 0 radical (unpaired) electrons. The molecule has 3 aromatic rings. The highest BCUT2D eigenvalue weighted by atomic mass is 35.5. The van der Waals surface area contributed by atoms with Gasteiger partial charge in [0.2, 0.25) is 0 Å². The van der Waals surface area contributed by atoms with Crippen molar-refractivity contribution in [1.82, 2.24) is 0 Å². The van der Waals surface area contributed by atoms with E-state index in [-0.39, 0.29) is 0 Å². The lowest BCUT2D eigenvalue weighted by atomic mass is 10.1. The Kier molecular flexibility index (Phi) is 4.60. The average molecular weight is 363 g/mol. The second-order valence-electron chi connectivity index (χ2n) is 6.69. The van der Waals surface area contributed by atoms with Crippen LogP contribution in [0.4, 0.5) is 17.1 Å². The molecule has 132 valence electrons. The van der Waals surface area contributed by atoms with Gasteiger partial charge in [0.1, 0.15) is 0 Å². The molecule has 0 bridgehead atoms. The predicted molar refractivity (Wildman–Crippen MR) is 113 cm³/mol. The van der Waals surface area contributed by atoms with Crippen LogP contribution in [0.5, 0.6) is 0 Å². The fourth-order valence-electron chi connectivity index (χ4n) is 3.73.